The SMILES string of the molecule is CC(=O)Nc1cccc(C(=O)Nc2cccc(NC(=O)CC#N)c2)c1. The van der Waals surface area contributed by atoms with Crippen LogP contribution in [0.2, 0.25) is 0 Å². The number of hydrogen-bond acceptors (Lipinski definition) is 4. The largest absolute Gasteiger partial charge is 0.326 e. The standard InChI is InChI=1S/C18H16N4O3/c1-12(23)20-14-5-2-4-13(10-14)18(25)22-16-7-3-6-15(11-16)21-17(24)8-9-19/h2-7,10-11H,8H2,1H3,(H,20,23)(H,21,24)(H,22,25). The second kappa shape index (κ2) is 8.26. The van der Waals surface area contributed by atoms with Crippen molar-refractivity contribution in [3.8, 4) is 6.07 Å². The molecule has 7 heteroatoms. The van der Waals surface area contributed by atoms with E-state index in [-0.39, 0.29) is 18.2 Å². The zero-order valence-electron chi connectivity index (χ0n) is 13.5. The Balaban J connectivity index is 2.09. The number of nitrogens with one attached hydrogen (secondary N) is 3. The molecule has 0 aromatic heterocycles. The fraction of sp³-hybridized carbons (Fsp3) is 0.111. The molecular weight excluding hydrogens is 320 g/mol. The third kappa shape index (κ3) is 5.48. The first-order valence-electron chi connectivity index (χ1n) is 7.44. The van der Waals surface area contributed by atoms with E-state index in [2.05, 4.69) is 16.0 Å². The summed E-state index contributed by atoms with van der Waals surface area (Å²) in [4.78, 5) is 34.9. The van der Waals surface area contributed by atoms with Gasteiger partial charge in [-0.2, -0.15) is 5.26 Å². The molecule has 7 nitrogen and oxygen atoms in total. The number of benzene rings is 2. The molecule has 126 valence electrons. The molecular formula is C18H16N4O3. The van der Waals surface area contributed by atoms with Gasteiger partial charge in [-0.05, 0) is 36.4 Å². The van der Waals surface area contributed by atoms with Gasteiger partial charge in [-0.25, -0.2) is 0 Å². The highest BCUT2D eigenvalue weighted by atomic mass is 16.2. The van der Waals surface area contributed by atoms with Crippen molar-refractivity contribution in [2.45, 2.75) is 13.3 Å². The summed E-state index contributed by atoms with van der Waals surface area (Å²) >= 11 is 0. The first-order valence-corrected chi connectivity index (χ1v) is 7.44. The molecule has 0 aliphatic heterocycles. The van der Waals surface area contributed by atoms with Crippen molar-refractivity contribution in [1.82, 2.24) is 0 Å². The summed E-state index contributed by atoms with van der Waals surface area (Å²) in [5, 5.41) is 16.4. The van der Waals surface area contributed by atoms with Gasteiger partial charge in [0.05, 0.1) is 6.07 Å². The molecule has 0 saturated carbocycles. The van der Waals surface area contributed by atoms with E-state index in [0.29, 0.717) is 22.6 Å². The summed E-state index contributed by atoms with van der Waals surface area (Å²) in [7, 11) is 0. The topological polar surface area (TPSA) is 111 Å². The van der Waals surface area contributed by atoms with Crippen LogP contribution in [0.4, 0.5) is 17.1 Å². The maximum atomic E-state index is 12.3. The number of amides is 3. The summed E-state index contributed by atoms with van der Waals surface area (Å²) in [6.45, 7) is 1.39. The Kier molecular flexibility index (Phi) is 5.85. The van der Waals surface area contributed by atoms with Gasteiger partial charge in [0.25, 0.3) is 5.91 Å². The predicted octanol–water partition coefficient (Wildman–Crippen LogP) is 2.75. The van der Waals surface area contributed by atoms with Crippen LogP contribution in [-0.2, 0) is 9.59 Å². The molecule has 0 heterocycles. The monoisotopic (exact) mass is 336 g/mol. The summed E-state index contributed by atoms with van der Waals surface area (Å²) in [5.74, 6) is -1.000. The van der Waals surface area contributed by atoms with Gasteiger partial charge < -0.3 is 16.0 Å². The average molecular weight is 336 g/mol. The van der Waals surface area contributed by atoms with E-state index in [1.807, 2.05) is 0 Å². The van der Waals surface area contributed by atoms with Crippen LogP contribution in [0.5, 0.6) is 0 Å². The predicted molar refractivity (Wildman–Crippen MR) is 94.0 cm³/mol. The molecule has 0 radical (unpaired) electrons. The van der Waals surface area contributed by atoms with Crippen molar-refractivity contribution in [3.63, 3.8) is 0 Å². The first-order chi connectivity index (χ1) is 12.0. The summed E-state index contributed by atoms with van der Waals surface area (Å²) in [6, 6.07) is 14.9. The van der Waals surface area contributed by atoms with Gasteiger partial charge in [-0.3, -0.25) is 14.4 Å². The molecule has 0 unspecified atom stereocenters. The van der Waals surface area contributed by atoms with Crippen molar-refractivity contribution < 1.29 is 14.4 Å². The summed E-state index contributed by atoms with van der Waals surface area (Å²) in [6.07, 6.45) is -0.244. The lowest BCUT2D eigenvalue weighted by molar-refractivity contribution is -0.115. The number of carbonyl (C=O) groups is 3. The Morgan fingerprint density at radius 2 is 1.52 bits per heavy atom. The number of nitriles is 1. The van der Waals surface area contributed by atoms with Gasteiger partial charge in [0.1, 0.15) is 6.42 Å². The number of hydrogen-bond donors (Lipinski definition) is 3. The van der Waals surface area contributed by atoms with Crippen molar-refractivity contribution in [2.75, 3.05) is 16.0 Å². The number of nitrogens with zero attached hydrogens (tertiary/aromatic N) is 1. The maximum absolute atomic E-state index is 12.3. The normalized spacial score (nSPS) is 9.60. The van der Waals surface area contributed by atoms with E-state index in [4.69, 9.17) is 5.26 Å². The molecule has 0 aliphatic rings. The third-order valence-electron chi connectivity index (χ3n) is 3.09. The van der Waals surface area contributed by atoms with Crippen molar-refractivity contribution in [1.29, 1.82) is 5.26 Å². The van der Waals surface area contributed by atoms with E-state index in [9.17, 15) is 14.4 Å². The van der Waals surface area contributed by atoms with Crippen LogP contribution in [0.25, 0.3) is 0 Å². The maximum Gasteiger partial charge on any atom is 0.255 e. The lowest BCUT2D eigenvalue weighted by Gasteiger charge is -2.09. The zero-order valence-corrected chi connectivity index (χ0v) is 13.5. The van der Waals surface area contributed by atoms with Crippen LogP contribution >= 0.6 is 0 Å². The highest BCUT2D eigenvalue weighted by Gasteiger charge is 2.08. The minimum absolute atomic E-state index is 0.224. The van der Waals surface area contributed by atoms with Crippen molar-refractivity contribution in [2.24, 2.45) is 0 Å². The number of rotatable bonds is 5. The minimum Gasteiger partial charge on any atom is -0.326 e. The quantitative estimate of drug-likeness (QED) is 0.779. The van der Waals surface area contributed by atoms with Gasteiger partial charge >= 0.3 is 0 Å². The van der Waals surface area contributed by atoms with Crippen molar-refractivity contribution in [3.05, 3.63) is 54.1 Å². The summed E-state index contributed by atoms with van der Waals surface area (Å²) in [5.41, 5.74) is 1.87. The summed E-state index contributed by atoms with van der Waals surface area (Å²) < 4.78 is 0. The van der Waals surface area contributed by atoms with Gasteiger partial charge in [0.2, 0.25) is 11.8 Å². The van der Waals surface area contributed by atoms with E-state index in [1.54, 1.807) is 54.6 Å². The van der Waals surface area contributed by atoms with Gasteiger partial charge in [0.15, 0.2) is 0 Å². The molecule has 2 aromatic carbocycles. The molecule has 25 heavy (non-hydrogen) atoms. The molecule has 0 saturated heterocycles. The molecule has 0 bridgehead atoms. The Morgan fingerprint density at radius 1 is 0.920 bits per heavy atom. The molecule has 0 aliphatic carbocycles. The number of carbonyl (C=O) groups excluding carboxylic acids is 3. The highest BCUT2D eigenvalue weighted by Crippen LogP contribution is 2.17. The Bertz CT molecular complexity index is 855. The molecule has 2 aromatic rings. The fourth-order valence-electron chi connectivity index (χ4n) is 2.10. The zero-order chi connectivity index (χ0) is 18.2. The second-order valence-electron chi connectivity index (χ2n) is 5.18. The molecule has 0 fully saturated rings. The lowest BCUT2D eigenvalue weighted by atomic mass is 10.1. The number of anilines is 3. The third-order valence-corrected chi connectivity index (χ3v) is 3.09. The molecule has 3 N–H and O–H groups in total. The van der Waals surface area contributed by atoms with E-state index in [1.165, 1.54) is 6.92 Å². The van der Waals surface area contributed by atoms with Crippen molar-refractivity contribution >= 4 is 34.8 Å². The van der Waals surface area contributed by atoms with Crippen LogP contribution in [0.3, 0.4) is 0 Å². The highest BCUT2D eigenvalue weighted by molar-refractivity contribution is 6.05. The Hall–Kier alpha value is -3.66. The van der Waals surface area contributed by atoms with E-state index in [0.717, 1.165) is 0 Å². The van der Waals surface area contributed by atoms with Gasteiger partial charge in [-0.15, -0.1) is 0 Å². The van der Waals surface area contributed by atoms with Crippen LogP contribution in [0.1, 0.15) is 23.7 Å². The average Bonchev–Trinajstić information content (AvgIpc) is 2.55. The Labute approximate surface area is 144 Å². The first kappa shape index (κ1) is 17.7. The van der Waals surface area contributed by atoms with Gasteiger partial charge in [0, 0.05) is 29.5 Å². The molecule has 0 spiro atoms. The van der Waals surface area contributed by atoms with Crippen LogP contribution in [0, 0.1) is 11.3 Å². The van der Waals surface area contributed by atoms with Crippen LogP contribution < -0.4 is 16.0 Å². The lowest BCUT2D eigenvalue weighted by Crippen LogP contribution is -2.14. The molecule has 2 rings (SSSR count). The van der Waals surface area contributed by atoms with Crippen LogP contribution in [-0.4, -0.2) is 17.7 Å². The minimum atomic E-state index is -0.422. The molecule has 3 amide bonds. The molecule has 0 atom stereocenters. The Morgan fingerprint density at radius 3 is 2.16 bits per heavy atom. The van der Waals surface area contributed by atoms with Crippen LogP contribution in [0.15, 0.2) is 48.5 Å². The van der Waals surface area contributed by atoms with E-state index < -0.39 is 5.91 Å². The smallest absolute Gasteiger partial charge is 0.255 e. The van der Waals surface area contributed by atoms with Gasteiger partial charge in [-0.1, -0.05) is 12.1 Å². The fourth-order valence-corrected chi connectivity index (χ4v) is 2.10. The second-order valence-corrected chi connectivity index (χ2v) is 5.18. The van der Waals surface area contributed by atoms with E-state index >= 15 is 0 Å².